The van der Waals surface area contributed by atoms with E-state index in [0.717, 1.165) is 6.08 Å². The molecule has 0 radical (unpaired) electrons. The Morgan fingerprint density at radius 3 is 1.16 bits per heavy atom. The number of aliphatic hydroxyl groups excluding tert-OH is 4. The lowest BCUT2D eigenvalue weighted by Crippen LogP contribution is -2.37. The topological polar surface area (TPSA) is 196 Å². The predicted octanol–water partition coefficient (Wildman–Crippen LogP) is -2.73. The number of hydrogen-bond donors (Lipinski definition) is 8. The highest BCUT2D eigenvalue weighted by atomic mass is 31.2. The first kappa shape index (κ1) is 23.3. The van der Waals surface area contributed by atoms with Crippen LogP contribution < -0.4 is 0 Å². The molecule has 0 aromatic heterocycles. The van der Waals surface area contributed by atoms with Gasteiger partial charge in [-0.25, -0.2) is 9.36 Å². The molecule has 0 saturated carbocycles. The summed E-state index contributed by atoms with van der Waals surface area (Å²) in [5.74, 6) is -0.981. The Labute approximate surface area is 109 Å². The van der Waals surface area contributed by atoms with Gasteiger partial charge in [0, 0.05) is 6.08 Å². The van der Waals surface area contributed by atoms with E-state index in [1.54, 1.807) is 0 Å². The first-order valence-electron chi connectivity index (χ1n) is 4.59. The van der Waals surface area contributed by atoms with E-state index >= 15 is 0 Å². The Balaban J connectivity index is -0.000000219. The minimum Gasteiger partial charge on any atom is -0.478 e. The van der Waals surface area contributed by atoms with Crippen LogP contribution in [-0.4, -0.2) is 72.6 Å². The van der Waals surface area contributed by atoms with Gasteiger partial charge in [-0.05, 0) is 0 Å². The van der Waals surface area contributed by atoms with Gasteiger partial charge >= 0.3 is 13.8 Å². The summed E-state index contributed by atoms with van der Waals surface area (Å²) in [4.78, 5) is 30.8. The molecule has 0 amide bonds. The quantitative estimate of drug-likeness (QED) is 0.195. The van der Waals surface area contributed by atoms with Crippen molar-refractivity contribution >= 4 is 13.8 Å². The number of aliphatic carboxylic acids is 1. The largest absolute Gasteiger partial charge is 0.478 e. The highest BCUT2D eigenvalue weighted by Crippen LogP contribution is 2.25. The zero-order chi connectivity index (χ0) is 16.1. The SMILES string of the molecule is C=CC(=O)O.O=P(O)(O)O.OCC(CO)(CO)CO. The van der Waals surface area contributed by atoms with Crippen molar-refractivity contribution in [3.63, 3.8) is 0 Å². The number of carboxylic acid groups (broad SMARTS) is 1. The van der Waals surface area contributed by atoms with Crippen LogP contribution in [0.1, 0.15) is 0 Å². The zero-order valence-electron chi connectivity index (χ0n) is 9.95. The highest BCUT2D eigenvalue weighted by Gasteiger charge is 2.26. The minimum atomic E-state index is -4.64. The third-order valence-electron chi connectivity index (χ3n) is 1.52. The molecule has 0 aliphatic heterocycles. The summed E-state index contributed by atoms with van der Waals surface area (Å²) in [6.07, 6.45) is 0.833. The highest BCUT2D eigenvalue weighted by molar-refractivity contribution is 7.45. The first-order chi connectivity index (χ1) is 8.51. The molecule has 0 heterocycles. The maximum atomic E-state index is 9.25. The number of rotatable bonds is 5. The van der Waals surface area contributed by atoms with Gasteiger partial charge in [-0.2, -0.15) is 0 Å². The lowest BCUT2D eigenvalue weighted by Gasteiger charge is -2.23. The molecular weight excluding hydrogens is 287 g/mol. The van der Waals surface area contributed by atoms with Crippen LogP contribution in [0.4, 0.5) is 0 Å². The Kier molecular flexibility index (Phi) is 14.9. The molecule has 0 aromatic carbocycles. The number of aliphatic hydroxyl groups is 4. The van der Waals surface area contributed by atoms with Gasteiger partial charge in [-0.15, -0.1) is 0 Å². The molecule has 11 heteroatoms. The van der Waals surface area contributed by atoms with Crippen molar-refractivity contribution in [2.45, 2.75) is 0 Å². The lowest BCUT2D eigenvalue weighted by molar-refractivity contribution is -0.131. The van der Waals surface area contributed by atoms with Gasteiger partial charge in [0.1, 0.15) is 0 Å². The second-order valence-corrected chi connectivity index (χ2v) is 4.21. The van der Waals surface area contributed by atoms with E-state index in [0.29, 0.717) is 0 Å². The van der Waals surface area contributed by atoms with E-state index in [1.807, 2.05) is 0 Å². The van der Waals surface area contributed by atoms with E-state index in [4.69, 9.17) is 44.8 Å². The molecule has 116 valence electrons. The monoisotopic (exact) mass is 306 g/mol. The first-order valence-corrected chi connectivity index (χ1v) is 6.15. The molecule has 0 saturated heterocycles. The molecule has 10 nitrogen and oxygen atoms in total. The molecule has 0 fully saturated rings. The van der Waals surface area contributed by atoms with Crippen LogP contribution in [0, 0.1) is 5.41 Å². The molecule has 0 aromatic rings. The van der Waals surface area contributed by atoms with Gasteiger partial charge in [0.15, 0.2) is 0 Å². The Morgan fingerprint density at radius 2 is 1.16 bits per heavy atom. The van der Waals surface area contributed by atoms with Crippen LogP contribution in [0.15, 0.2) is 12.7 Å². The fourth-order valence-corrected chi connectivity index (χ4v) is 0.300. The van der Waals surface area contributed by atoms with Crippen LogP contribution in [0.3, 0.4) is 0 Å². The van der Waals surface area contributed by atoms with Crippen molar-refractivity contribution in [2.75, 3.05) is 26.4 Å². The van der Waals surface area contributed by atoms with Crippen LogP contribution in [0.2, 0.25) is 0 Å². The smallest absolute Gasteiger partial charge is 0.466 e. The summed E-state index contributed by atoms with van der Waals surface area (Å²) in [6, 6.07) is 0. The second kappa shape index (κ2) is 12.2. The van der Waals surface area contributed by atoms with Crippen LogP contribution in [0.25, 0.3) is 0 Å². The summed E-state index contributed by atoms with van der Waals surface area (Å²) in [5, 5.41) is 41.6. The van der Waals surface area contributed by atoms with Crippen molar-refractivity contribution < 1.29 is 49.6 Å². The van der Waals surface area contributed by atoms with E-state index in [9.17, 15) is 4.79 Å². The lowest BCUT2D eigenvalue weighted by atomic mass is 9.93. The number of carboxylic acids is 1. The molecule has 0 spiro atoms. The van der Waals surface area contributed by atoms with Gasteiger partial charge in [0.2, 0.25) is 0 Å². The molecule has 0 aliphatic carbocycles. The van der Waals surface area contributed by atoms with Crippen molar-refractivity contribution in [3.8, 4) is 0 Å². The number of carbonyl (C=O) groups is 1. The van der Waals surface area contributed by atoms with Crippen LogP contribution in [0.5, 0.6) is 0 Å². The summed E-state index contributed by atoms with van der Waals surface area (Å²) < 4.78 is 8.88. The average molecular weight is 306 g/mol. The normalized spacial score (nSPS) is 10.5. The molecule has 0 atom stereocenters. The Hall–Kier alpha value is -0.840. The molecule has 0 unspecified atom stereocenters. The Bertz CT molecular complexity index is 255. The zero-order valence-corrected chi connectivity index (χ0v) is 10.8. The molecule has 0 bridgehead atoms. The minimum absolute atomic E-state index is 0.406. The third-order valence-corrected chi connectivity index (χ3v) is 1.52. The summed E-state index contributed by atoms with van der Waals surface area (Å²) in [7, 11) is -4.64. The molecule has 19 heavy (non-hydrogen) atoms. The van der Waals surface area contributed by atoms with Crippen LogP contribution in [-0.2, 0) is 9.36 Å². The number of phosphoric acid groups is 1. The van der Waals surface area contributed by atoms with Gasteiger partial charge in [0.25, 0.3) is 0 Å². The Morgan fingerprint density at radius 1 is 1.00 bits per heavy atom. The third kappa shape index (κ3) is 22.8. The summed E-state index contributed by atoms with van der Waals surface area (Å²) in [6.45, 7) is 1.34. The summed E-state index contributed by atoms with van der Waals surface area (Å²) >= 11 is 0. The fourth-order valence-electron chi connectivity index (χ4n) is 0.300. The van der Waals surface area contributed by atoms with Crippen molar-refractivity contribution in [3.05, 3.63) is 12.7 Å². The second-order valence-electron chi connectivity index (χ2n) is 3.19. The van der Waals surface area contributed by atoms with Gasteiger partial charge in [-0.3, -0.25) is 0 Å². The summed E-state index contributed by atoms with van der Waals surface area (Å²) in [5.41, 5.74) is -1.11. The van der Waals surface area contributed by atoms with Gasteiger partial charge < -0.3 is 40.2 Å². The van der Waals surface area contributed by atoms with E-state index < -0.39 is 45.6 Å². The predicted molar refractivity (Wildman–Crippen MR) is 62.9 cm³/mol. The maximum Gasteiger partial charge on any atom is 0.466 e. The van der Waals surface area contributed by atoms with E-state index in [-0.39, 0.29) is 0 Å². The standard InChI is InChI=1S/C5H12O4.C3H4O2.H3O4P/c6-1-5(2-7,3-8)4-9;1-2-3(4)5;1-5(2,3)4/h6-9H,1-4H2;2H,1H2,(H,4,5);(H3,1,2,3,4). The number of hydrogen-bond acceptors (Lipinski definition) is 6. The van der Waals surface area contributed by atoms with Crippen LogP contribution >= 0.6 is 7.82 Å². The van der Waals surface area contributed by atoms with E-state index in [2.05, 4.69) is 6.58 Å². The molecule has 0 rings (SSSR count). The molecular formula is C8H19O10P. The molecule has 8 N–H and O–H groups in total. The van der Waals surface area contributed by atoms with Gasteiger partial charge in [-0.1, -0.05) is 6.58 Å². The maximum absolute atomic E-state index is 9.25. The van der Waals surface area contributed by atoms with Gasteiger partial charge in [0.05, 0.1) is 31.8 Å². The van der Waals surface area contributed by atoms with Crippen molar-refractivity contribution in [1.82, 2.24) is 0 Å². The van der Waals surface area contributed by atoms with Crippen molar-refractivity contribution in [1.29, 1.82) is 0 Å². The molecule has 0 aliphatic rings. The van der Waals surface area contributed by atoms with E-state index in [1.165, 1.54) is 0 Å². The van der Waals surface area contributed by atoms with Crippen molar-refractivity contribution in [2.24, 2.45) is 5.41 Å². The fraction of sp³-hybridized carbons (Fsp3) is 0.625. The average Bonchev–Trinajstić information content (AvgIpc) is 2.31.